The van der Waals surface area contributed by atoms with Gasteiger partial charge in [0.25, 0.3) is 5.91 Å². The van der Waals surface area contributed by atoms with E-state index < -0.39 is 80.5 Å². The molecule has 0 unspecified atom stereocenters. The molecule has 4 amide bonds. The number of hydrogen-bond acceptors (Lipinski definition) is 17. The summed E-state index contributed by atoms with van der Waals surface area (Å²) < 4.78 is 86.6. The van der Waals surface area contributed by atoms with Crippen molar-refractivity contribution in [1.29, 1.82) is 0 Å². The maximum Gasteiger partial charge on any atom is 1.00 e. The Morgan fingerprint density at radius 3 is 0.982 bits per heavy atom. The van der Waals surface area contributed by atoms with Crippen molar-refractivity contribution in [3.05, 3.63) is 296 Å². The molecule has 23 nitrogen and oxygen atoms in total. The smallest absolute Gasteiger partial charge is 0.870 e. The van der Waals surface area contributed by atoms with Crippen LogP contribution in [0.3, 0.4) is 0 Å². The van der Waals surface area contributed by atoms with Crippen LogP contribution in [0.15, 0.2) is 207 Å². The molecule has 10 aromatic rings. The number of nitrogen functional groups attached to an aromatic ring is 2. The van der Waals surface area contributed by atoms with Gasteiger partial charge in [0.2, 0.25) is 17.7 Å². The minimum absolute atomic E-state index is 0. The quantitative estimate of drug-likeness (QED) is 0.0193. The average molecular weight is 1600 g/mol. The van der Waals surface area contributed by atoms with E-state index in [0.29, 0.717) is 72.7 Å². The van der Waals surface area contributed by atoms with E-state index in [0.717, 1.165) is 85.6 Å². The number of ether oxygens (including phenoxy) is 2. The number of methoxy groups -OCH3 is 2. The number of carbonyl (C=O) groups excluding carboxylic acids is 6. The Balaban J connectivity index is 0.000000198. The van der Waals surface area contributed by atoms with E-state index in [4.69, 9.17) is 39.8 Å². The maximum absolute atomic E-state index is 14.0. The van der Waals surface area contributed by atoms with Crippen molar-refractivity contribution < 1.29 is 109 Å². The number of amides is 4. The number of rotatable bonds is 16. The Labute approximate surface area is 672 Å². The molecule has 4 aromatic heterocycles. The van der Waals surface area contributed by atoms with E-state index in [1.165, 1.54) is 99.1 Å². The second-order valence-electron chi connectivity index (χ2n) is 26.2. The zero-order valence-corrected chi connectivity index (χ0v) is 63.0. The van der Waals surface area contributed by atoms with Gasteiger partial charge in [-0.3, -0.25) is 24.0 Å². The summed E-state index contributed by atoms with van der Waals surface area (Å²) in [6.45, 7) is 0. The van der Waals surface area contributed by atoms with Gasteiger partial charge in [-0.1, -0.05) is 110 Å². The maximum atomic E-state index is 14.0. The Hall–Kier alpha value is -12.0. The van der Waals surface area contributed by atoms with Crippen molar-refractivity contribution in [2.75, 3.05) is 47.0 Å². The molecule has 0 aliphatic heterocycles. The van der Waals surface area contributed by atoms with Gasteiger partial charge in [-0.05, 0) is 195 Å². The number of esters is 2. The summed E-state index contributed by atoms with van der Waals surface area (Å²) in [6.07, 6.45) is 13.4. The number of aromatic carboxylic acids is 1. The summed E-state index contributed by atoms with van der Waals surface area (Å²) in [5, 5.41) is 28.9. The third-order valence-electron chi connectivity index (χ3n) is 19.5. The van der Waals surface area contributed by atoms with Crippen molar-refractivity contribution >= 4 is 105 Å². The van der Waals surface area contributed by atoms with Gasteiger partial charge in [0, 0.05) is 5.56 Å². The van der Waals surface area contributed by atoms with Crippen molar-refractivity contribution in [3.63, 3.8) is 0 Å². The monoisotopic (exact) mass is 1600 g/mol. The number of nitrogens with two attached hydrogens (primary N) is 2. The van der Waals surface area contributed by atoms with E-state index in [1.54, 1.807) is 97.1 Å². The normalized spacial score (nSPS) is 14.2. The SMILES string of the molecule is COC(=O)c1ccc(C2(C(=O)Nc3ccc(F)cn3)CCC2)cc1.COC(=O)c1ccc(C2(C(=O)O)CCC2)cc1.Nc1ccc(F)cn1.Nc1cccc(Cl)c1F.O=C(Nc1cccc(Cl)c1F)c1ccc(C2(C(=O)Nc3ccc(F)cn3)CCC2)cc1.O=C(O)c1ccc(C2(C(=O)Nc3ccc(F)cn3)CCC2)cc1.[Li+].[OH-]. The number of nitrogens with zero attached hydrogens (tertiary/aromatic N) is 4. The van der Waals surface area contributed by atoms with Crippen LogP contribution in [0.25, 0.3) is 0 Å². The molecule has 6 aromatic carbocycles. The van der Waals surface area contributed by atoms with E-state index in [-0.39, 0.29) is 80.7 Å². The number of pyridine rings is 4. The van der Waals surface area contributed by atoms with Crippen molar-refractivity contribution in [2.24, 2.45) is 0 Å². The fourth-order valence-corrected chi connectivity index (χ4v) is 12.8. The Morgan fingerprint density at radius 2 is 0.711 bits per heavy atom. The summed E-state index contributed by atoms with van der Waals surface area (Å²) in [5.74, 6) is -5.47. The fourth-order valence-electron chi connectivity index (χ4n) is 12.4. The molecular formula is C82H75Cl2F6LiN10O13. The molecule has 0 radical (unpaired) electrons. The third-order valence-corrected chi connectivity index (χ3v) is 20.1. The second-order valence-corrected chi connectivity index (χ2v) is 27.0. The van der Waals surface area contributed by atoms with Crippen LogP contribution in [0.4, 0.5) is 61.0 Å². The summed E-state index contributed by atoms with van der Waals surface area (Å²) in [4.78, 5) is 111. The van der Waals surface area contributed by atoms with Crippen molar-refractivity contribution in [1.82, 2.24) is 19.9 Å². The first-order valence-corrected chi connectivity index (χ1v) is 35.5. The summed E-state index contributed by atoms with van der Waals surface area (Å²) in [6, 6.07) is 46.0. The van der Waals surface area contributed by atoms with Crippen LogP contribution in [0.2, 0.25) is 10.0 Å². The van der Waals surface area contributed by atoms with E-state index in [9.17, 15) is 69.8 Å². The van der Waals surface area contributed by atoms with Crippen molar-refractivity contribution in [3.8, 4) is 0 Å². The number of anilines is 6. The number of carbonyl (C=O) groups is 8. The molecule has 0 spiro atoms. The predicted molar refractivity (Wildman–Crippen MR) is 409 cm³/mol. The van der Waals surface area contributed by atoms with E-state index >= 15 is 0 Å². The summed E-state index contributed by atoms with van der Waals surface area (Å²) in [7, 11) is 2.65. The first-order chi connectivity index (χ1) is 53.5. The van der Waals surface area contributed by atoms with Crippen LogP contribution in [-0.4, -0.2) is 97.4 Å². The standard InChI is InChI=1S/C23H18ClF2N3O2.C18H17FN2O3.C17H15FN2O3.C13H14O4.C6H5ClFN.C5H5FN2.Li.H2O/c24-17-3-1-4-18(20(17)26)28-21(30)14-5-7-15(8-6-14)23(11-2-12-23)22(31)29-19-10-9-16(25)13-27-19;1-24-16(22)12-3-5-13(6-4-12)18(9-2-10-18)17(23)21-15-8-7-14(19)11-20-15;18-13-6-7-14(19-10-13)20-16(23)17(8-1-9-17)12-4-2-11(3-5-12)15(21)22;1-17-11(14)9-3-5-10(6-4-9)13(12(15)16)7-2-8-13;7-4-2-1-3-5(9)6(4)8;6-4-1-2-5(7)8-3-4;;/h1,3-10,13H,2,11-12H2,(H,28,30)(H,27,29,31);3-8,11H,2,9-10H2,1H3,(H,20,21,23);2-7,10H,1,8-9H2,(H,21,22)(H,19,20,23);3-6H,2,7-8H2,1H3,(H,15,16);1-3H,9H2;1-3H,(H2,7,8);;1H2/q;;;;;;+1;/p-1. The molecule has 4 aliphatic carbocycles. The van der Waals surface area contributed by atoms with Gasteiger partial charge in [0.15, 0.2) is 11.6 Å². The molecule has 114 heavy (non-hydrogen) atoms. The van der Waals surface area contributed by atoms with E-state index in [2.05, 4.69) is 50.7 Å². The molecule has 0 bridgehead atoms. The Morgan fingerprint density at radius 1 is 0.395 bits per heavy atom. The minimum Gasteiger partial charge on any atom is -0.870 e. The fraction of sp³-hybridized carbons (Fsp3) is 0.220. The first-order valence-electron chi connectivity index (χ1n) is 34.7. The van der Waals surface area contributed by atoms with Crippen LogP contribution < -0.4 is 51.6 Å². The number of aliphatic carboxylic acids is 1. The molecule has 4 fully saturated rings. The topological polar surface area (TPSA) is 377 Å². The van der Waals surface area contributed by atoms with E-state index in [1.807, 2.05) is 0 Å². The first kappa shape index (κ1) is 89.2. The molecule has 32 heteroatoms. The molecule has 11 N–H and O–H groups in total. The van der Waals surface area contributed by atoms with Gasteiger partial charge < -0.3 is 57.9 Å². The summed E-state index contributed by atoms with van der Waals surface area (Å²) >= 11 is 11.1. The number of halogens is 8. The third kappa shape index (κ3) is 21.8. The van der Waals surface area contributed by atoms with Crippen LogP contribution in [0, 0.1) is 34.9 Å². The largest absolute Gasteiger partial charge is 1.00 e. The number of hydrogen-bond donors (Lipinski definition) is 8. The Bertz CT molecular complexity index is 4960. The van der Waals surface area contributed by atoms with Crippen LogP contribution in [-0.2, 0) is 50.3 Å². The van der Waals surface area contributed by atoms with Crippen LogP contribution in [0.5, 0.6) is 0 Å². The molecular weight excluding hydrogens is 1520 g/mol. The predicted octanol–water partition coefficient (Wildman–Crippen LogP) is 13.0. The minimum atomic E-state index is -1.00. The number of benzene rings is 6. The van der Waals surface area contributed by atoms with Gasteiger partial charge in [-0.2, -0.15) is 0 Å². The number of carboxylic acids is 2. The van der Waals surface area contributed by atoms with Gasteiger partial charge in [-0.25, -0.2) is 60.7 Å². The van der Waals surface area contributed by atoms with Gasteiger partial charge in [0.1, 0.15) is 46.5 Å². The second kappa shape index (κ2) is 40.5. The molecule has 0 atom stereocenters. The zero-order chi connectivity index (χ0) is 80.9. The molecule has 0 saturated heterocycles. The number of aromatic nitrogens is 4. The van der Waals surface area contributed by atoms with Crippen molar-refractivity contribution in [2.45, 2.75) is 98.7 Å². The Kier molecular flexibility index (Phi) is 31.7. The molecule has 4 saturated carbocycles. The van der Waals surface area contributed by atoms with Gasteiger partial charge in [0.05, 0.1) is 98.8 Å². The molecule has 588 valence electrons. The number of nitrogens with one attached hydrogen (secondary N) is 4. The molecule has 4 aliphatic rings. The average Bonchev–Trinajstić information content (AvgIpc) is 0.738. The zero-order valence-electron chi connectivity index (χ0n) is 61.5. The molecule has 14 rings (SSSR count). The number of carboxylic acid groups (broad SMARTS) is 2. The van der Waals surface area contributed by atoms with Gasteiger partial charge in [-0.15, -0.1) is 0 Å². The van der Waals surface area contributed by atoms with Gasteiger partial charge >= 0.3 is 42.7 Å². The van der Waals surface area contributed by atoms with Crippen LogP contribution in [0.1, 0.15) is 141 Å². The van der Waals surface area contributed by atoms with Crippen LogP contribution >= 0.6 is 23.2 Å². The summed E-state index contributed by atoms with van der Waals surface area (Å²) in [5.41, 5.74) is 12.2. The molecule has 4 heterocycles.